The molecule has 2 saturated heterocycles. The van der Waals surface area contributed by atoms with Gasteiger partial charge in [-0.3, -0.25) is 9.59 Å². The molecule has 7 heteroatoms. The van der Waals surface area contributed by atoms with E-state index in [4.69, 9.17) is 4.98 Å². The Kier molecular flexibility index (Phi) is 5.24. The fourth-order valence-corrected chi connectivity index (χ4v) is 6.33. The van der Waals surface area contributed by atoms with Gasteiger partial charge in [-0.1, -0.05) is 43.2 Å². The van der Waals surface area contributed by atoms with E-state index in [2.05, 4.69) is 16.0 Å². The van der Waals surface area contributed by atoms with Crippen LogP contribution < -0.4 is 5.32 Å². The number of amides is 2. The molecule has 1 aromatic heterocycles. The first-order valence-electron chi connectivity index (χ1n) is 10.9. The SMILES string of the molecule is O=C1C[C@@H]2CN(C(=O)Cn3c(SC4CCCCC4)nc4ccccc43)CC[C@@H]2N1. The standard InChI is InChI=1S/C22H28N4O2S/c27-20-12-15-13-25(11-10-17(15)23-20)21(28)14-26-19-9-5-4-8-18(19)24-22(26)29-16-6-2-1-3-7-16/h4-5,8-9,15-17H,1-3,6-7,10-14H2,(H,23,27)/t15-,17+/m1/s1. The number of carbonyl (C=O) groups is 2. The molecular formula is C22H28N4O2S. The van der Waals surface area contributed by atoms with Gasteiger partial charge in [0, 0.05) is 36.7 Å². The zero-order valence-electron chi connectivity index (χ0n) is 16.7. The molecule has 6 nitrogen and oxygen atoms in total. The highest BCUT2D eigenvalue weighted by atomic mass is 32.2. The number of thioether (sulfide) groups is 1. The average Bonchev–Trinajstić information content (AvgIpc) is 3.27. The normalized spacial score (nSPS) is 25.2. The number of rotatable bonds is 4. The number of piperidine rings is 1. The lowest BCUT2D eigenvalue weighted by molar-refractivity contribution is -0.133. The minimum Gasteiger partial charge on any atom is -0.353 e. The van der Waals surface area contributed by atoms with Gasteiger partial charge in [-0.15, -0.1) is 0 Å². The van der Waals surface area contributed by atoms with E-state index in [0.29, 0.717) is 24.8 Å². The van der Waals surface area contributed by atoms with Crippen molar-refractivity contribution in [1.82, 2.24) is 19.8 Å². The van der Waals surface area contributed by atoms with Gasteiger partial charge in [0.15, 0.2) is 5.16 Å². The van der Waals surface area contributed by atoms with E-state index < -0.39 is 0 Å². The van der Waals surface area contributed by atoms with E-state index in [9.17, 15) is 9.59 Å². The molecule has 2 amide bonds. The van der Waals surface area contributed by atoms with Crippen LogP contribution in [0.5, 0.6) is 0 Å². The number of hydrogen-bond donors (Lipinski definition) is 1. The molecule has 3 heterocycles. The number of carbonyl (C=O) groups excluding carboxylic acids is 2. The first kappa shape index (κ1) is 19.0. The molecule has 2 atom stereocenters. The van der Waals surface area contributed by atoms with Crippen LogP contribution in [0.25, 0.3) is 11.0 Å². The summed E-state index contributed by atoms with van der Waals surface area (Å²) in [6.45, 7) is 1.73. The molecule has 0 radical (unpaired) electrons. The van der Waals surface area contributed by atoms with E-state index in [1.165, 1.54) is 32.1 Å². The average molecular weight is 413 g/mol. The molecule has 1 aliphatic carbocycles. The molecule has 0 unspecified atom stereocenters. The lowest BCUT2D eigenvalue weighted by Crippen LogP contribution is -2.48. The Labute approximate surface area is 175 Å². The van der Waals surface area contributed by atoms with Gasteiger partial charge < -0.3 is 14.8 Å². The van der Waals surface area contributed by atoms with Crippen molar-refractivity contribution in [2.24, 2.45) is 5.92 Å². The number of likely N-dealkylation sites (tertiary alicyclic amines) is 1. The largest absolute Gasteiger partial charge is 0.353 e. The van der Waals surface area contributed by atoms with E-state index in [1.807, 2.05) is 34.9 Å². The first-order chi connectivity index (χ1) is 14.2. The Hall–Kier alpha value is -2.02. The maximum absolute atomic E-state index is 13.2. The summed E-state index contributed by atoms with van der Waals surface area (Å²) in [6.07, 6.45) is 7.79. The van der Waals surface area contributed by atoms with Crippen LogP contribution in [-0.2, 0) is 16.1 Å². The number of imidazole rings is 1. The Morgan fingerprint density at radius 2 is 2.00 bits per heavy atom. The van der Waals surface area contributed by atoms with Crippen molar-refractivity contribution in [3.63, 3.8) is 0 Å². The Bertz CT molecular complexity index is 921. The summed E-state index contributed by atoms with van der Waals surface area (Å²) in [4.78, 5) is 31.7. The minimum absolute atomic E-state index is 0.126. The quantitative estimate of drug-likeness (QED) is 0.837. The Morgan fingerprint density at radius 3 is 2.86 bits per heavy atom. The van der Waals surface area contributed by atoms with Crippen molar-refractivity contribution in [3.8, 4) is 0 Å². The molecule has 1 saturated carbocycles. The van der Waals surface area contributed by atoms with Crippen LogP contribution in [0.1, 0.15) is 44.9 Å². The second-order valence-corrected chi connectivity index (χ2v) is 9.88. The number of nitrogens with zero attached hydrogens (tertiary/aromatic N) is 3. The van der Waals surface area contributed by atoms with Gasteiger partial charge in [0.1, 0.15) is 6.54 Å². The Morgan fingerprint density at radius 1 is 1.17 bits per heavy atom. The molecule has 29 heavy (non-hydrogen) atoms. The topological polar surface area (TPSA) is 67.2 Å². The van der Waals surface area contributed by atoms with Gasteiger partial charge in [0.2, 0.25) is 11.8 Å². The van der Waals surface area contributed by atoms with Gasteiger partial charge in [-0.2, -0.15) is 0 Å². The number of nitrogens with one attached hydrogen (secondary N) is 1. The maximum atomic E-state index is 13.2. The van der Waals surface area contributed by atoms with Crippen LogP contribution in [0.2, 0.25) is 0 Å². The van der Waals surface area contributed by atoms with Crippen LogP contribution in [0.4, 0.5) is 0 Å². The highest BCUT2D eigenvalue weighted by molar-refractivity contribution is 7.99. The molecule has 0 bridgehead atoms. The van der Waals surface area contributed by atoms with Crippen molar-refractivity contribution in [2.75, 3.05) is 13.1 Å². The van der Waals surface area contributed by atoms with Gasteiger partial charge >= 0.3 is 0 Å². The summed E-state index contributed by atoms with van der Waals surface area (Å²) >= 11 is 1.85. The first-order valence-corrected chi connectivity index (χ1v) is 11.7. The highest BCUT2D eigenvalue weighted by Crippen LogP contribution is 2.35. The number of para-hydroxylation sites is 2. The summed E-state index contributed by atoms with van der Waals surface area (Å²) in [5, 5.41) is 4.61. The second-order valence-electron chi connectivity index (χ2n) is 8.61. The number of hydrogen-bond acceptors (Lipinski definition) is 4. The molecule has 0 spiro atoms. The lowest BCUT2D eigenvalue weighted by atomic mass is 9.93. The third-order valence-corrected chi connectivity index (χ3v) is 7.95. The number of aromatic nitrogens is 2. The molecule has 2 aliphatic heterocycles. The third-order valence-electron chi connectivity index (χ3n) is 6.62. The fraction of sp³-hybridized carbons (Fsp3) is 0.591. The van der Waals surface area contributed by atoms with Crippen molar-refractivity contribution in [1.29, 1.82) is 0 Å². The molecule has 3 aliphatic rings. The fourth-order valence-electron chi connectivity index (χ4n) is 5.02. The van der Waals surface area contributed by atoms with Crippen molar-refractivity contribution >= 4 is 34.6 Å². The van der Waals surface area contributed by atoms with Crippen LogP contribution >= 0.6 is 11.8 Å². The second kappa shape index (κ2) is 8.01. The third kappa shape index (κ3) is 3.89. The summed E-state index contributed by atoms with van der Waals surface area (Å²) in [7, 11) is 0. The van der Waals surface area contributed by atoms with Crippen LogP contribution in [0.15, 0.2) is 29.4 Å². The van der Waals surface area contributed by atoms with E-state index in [-0.39, 0.29) is 23.8 Å². The predicted molar refractivity (Wildman–Crippen MR) is 114 cm³/mol. The number of benzene rings is 1. The lowest BCUT2D eigenvalue weighted by Gasteiger charge is -2.34. The molecule has 3 fully saturated rings. The van der Waals surface area contributed by atoms with Gasteiger partial charge in [-0.05, 0) is 31.4 Å². The smallest absolute Gasteiger partial charge is 0.242 e. The van der Waals surface area contributed by atoms with Crippen LogP contribution in [0, 0.1) is 5.92 Å². The minimum atomic E-state index is 0.126. The summed E-state index contributed by atoms with van der Waals surface area (Å²) in [6, 6.07) is 8.36. The predicted octanol–water partition coefficient (Wildman–Crippen LogP) is 3.20. The molecule has 1 N–H and O–H groups in total. The molecular weight excluding hydrogens is 384 g/mol. The molecule has 1 aromatic carbocycles. The van der Waals surface area contributed by atoms with Crippen molar-refractivity contribution in [3.05, 3.63) is 24.3 Å². The maximum Gasteiger partial charge on any atom is 0.242 e. The highest BCUT2D eigenvalue weighted by Gasteiger charge is 2.38. The van der Waals surface area contributed by atoms with E-state index in [0.717, 1.165) is 29.2 Å². The summed E-state index contributed by atoms with van der Waals surface area (Å²) < 4.78 is 2.11. The van der Waals surface area contributed by atoms with Crippen LogP contribution in [-0.4, -0.2) is 50.6 Å². The van der Waals surface area contributed by atoms with Gasteiger partial charge in [-0.25, -0.2) is 4.98 Å². The van der Waals surface area contributed by atoms with Gasteiger partial charge in [0.05, 0.1) is 11.0 Å². The van der Waals surface area contributed by atoms with E-state index >= 15 is 0 Å². The monoisotopic (exact) mass is 412 g/mol. The zero-order valence-corrected chi connectivity index (χ0v) is 17.5. The zero-order chi connectivity index (χ0) is 19.8. The molecule has 5 rings (SSSR count). The van der Waals surface area contributed by atoms with Gasteiger partial charge in [0.25, 0.3) is 0 Å². The number of fused-ring (bicyclic) bond motifs is 2. The summed E-state index contributed by atoms with van der Waals surface area (Å²) in [5.41, 5.74) is 2.00. The van der Waals surface area contributed by atoms with E-state index in [1.54, 1.807) is 0 Å². The van der Waals surface area contributed by atoms with Crippen LogP contribution in [0.3, 0.4) is 0 Å². The van der Waals surface area contributed by atoms with Crippen molar-refractivity contribution in [2.45, 2.75) is 67.9 Å². The Balaban J connectivity index is 1.35. The van der Waals surface area contributed by atoms with Crippen molar-refractivity contribution < 1.29 is 9.59 Å². The summed E-state index contributed by atoms with van der Waals surface area (Å²) in [5.74, 6) is 0.522. The molecule has 154 valence electrons. The molecule has 2 aromatic rings.